The third-order valence-electron chi connectivity index (χ3n) is 3.98. The van der Waals surface area contributed by atoms with Crippen LogP contribution in [0.1, 0.15) is 90.9 Å². The van der Waals surface area contributed by atoms with Crippen molar-refractivity contribution in [3.05, 3.63) is 36.5 Å². The Morgan fingerprint density at radius 2 is 1.19 bits per heavy atom. The first-order valence-corrected chi connectivity index (χ1v) is 10.6. The van der Waals surface area contributed by atoms with E-state index in [4.69, 9.17) is 9.47 Å². The number of unbranched alkanes of at least 4 members (excludes halogenated alkanes) is 7. The van der Waals surface area contributed by atoms with Gasteiger partial charge < -0.3 is 9.47 Å². The molecule has 0 fully saturated rings. The first-order valence-electron chi connectivity index (χ1n) is 10.6. The van der Waals surface area contributed by atoms with Crippen molar-refractivity contribution in [2.75, 3.05) is 13.2 Å². The van der Waals surface area contributed by atoms with Gasteiger partial charge in [0.1, 0.15) is 0 Å². The van der Waals surface area contributed by atoms with Crippen LogP contribution < -0.4 is 0 Å². The molecule has 0 unspecified atom stereocenters. The first kappa shape index (κ1) is 24.5. The predicted octanol–water partition coefficient (Wildman–Crippen LogP) is 7.53. The Hall–Kier alpha value is -1.51. The number of rotatable bonds is 17. The van der Waals surface area contributed by atoms with E-state index in [1.165, 1.54) is 32.1 Å². The molecule has 3 nitrogen and oxygen atoms in total. The van der Waals surface area contributed by atoms with E-state index in [0.29, 0.717) is 13.2 Å². The van der Waals surface area contributed by atoms with Gasteiger partial charge in [0.2, 0.25) is 0 Å². The summed E-state index contributed by atoms with van der Waals surface area (Å²) in [6, 6.07) is 0. The van der Waals surface area contributed by atoms with Crippen molar-refractivity contribution in [1.29, 1.82) is 0 Å². The molecule has 0 radical (unpaired) electrons. The third kappa shape index (κ3) is 20.5. The van der Waals surface area contributed by atoms with Crippen LogP contribution in [0.5, 0.6) is 0 Å². The molecule has 0 rings (SSSR count). The second-order valence-electron chi connectivity index (χ2n) is 6.50. The number of carbonyl (C=O) groups excluding carboxylic acids is 1. The Balaban J connectivity index is 3.25. The lowest BCUT2D eigenvalue weighted by Crippen LogP contribution is -2.09. The summed E-state index contributed by atoms with van der Waals surface area (Å²) in [4.78, 5) is 11.2. The monoisotopic (exact) mass is 364 g/mol. The van der Waals surface area contributed by atoms with Crippen LogP contribution in [-0.4, -0.2) is 19.4 Å². The lowest BCUT2D eigenvalue weighted by atomic mass is 10.1. The average Bonchev–Trinajstić information content (AvgIpc) is 2.64. The van der Waals surface area contributed by atoms with Crippen molar-refractivity contribution >= 4 is 6.16 Å². The van der Waals surface area contributed by atoms with Crippen LogP contribution in [0.3, 0.4) is 0 Å². The Labute approximate surface area is 161 Å². The third-order valence-corrected chi connectivity index (χ3v) is 3.98. The summed E-state index contributed by atoms with van der Waals surface area (Å²) in [5, 5.41) is 0. The van der Waals surface area contributed by atoms with E-state index in [1.54, 1.807) is 0 Å². The number of hydrogen-bond donors (Lipinski definition) is 0. The first-order chi connectivity index (χ1) is 12.8. The highest BCUT2D eigenvalue weighted by Gasteiger charge is 2.02. The molecule has 0 saturated carbocycles. The number of hydrogen-bond acceptors (Lipinski definition) is 3. The fourth-order valence-corrected chi connectivity index (χ4v) is 2.39. The van der Waals surface area contributed by atoms with Gasteiger partial charge in [-0.05, 0) is 44.9 Å². The van der Waals surface area contributed by atoms with Crippen molar-refractivity contribution < 1.29 is 14.3 Å². The van der Waals surface area contributed by atoms with Gasteiger partial charge in [-0.1, -0.05) is 82.4 Å². The van der Waals surface area contributed by atoms with Crippen molar-refractivity contribution in [2.45, 2.75) is 90.9 Å². The quantitative estimate of drug-likeness (QED) is 0.152. The van der Waals surface area contributed by atoms with Crippen LogP contribution in [0.15, 0.2) is 36.5 Å². The van der Waals surface area contributed by atoms with Gasteiger partial charge >= 0.3 is 6.16 Å². The lowest BCUT2D eigenvalue weighted by molar-refractivity contribution is 0.0532. The van der Waals surface area contributed by atoms with Gasteiger partial charge in [-0.3, -0.25) is 0 Å². The van der Waals surface area contributed by atoms with E-state index < -0.39 is 6.16 Å². The highest BCUT2D eigenvalue weighted by molar-refractivity contribution is 5.59. The van der Waals surface area contributed by atoms with Crippen molar-refractivity contribution in [3.63, 3.8) is 0 Å². The second kappa shape index (κ2) is 21.5. The Kier molecular flexibility index (Phi) is 20.3. The van der Waals surface area contributed by atoms with Gasteiger partial charge in [0.15, 0.2) is 0 Å². The zero-order chi connectivity index (χ0) is 19.1. The van der Waals surface area contributed by atoms with Gasteiger partial charge in [0.05, 0.1) is 13.2 Å². The smallest absolute Gasteiger partial charge is 0.434 e. The van der Waals surface area contributed by atoms with Crippen LogP contribution in [-0.2, 0) is 9.47 Å². The van der Waals surface area contributed by atoms with E-state index in [9.17, 15) is 4.79 Å². The van der Waals surface area contributed by atoms with E-state index in [-0.39, 0.29) is 0 Å². The minimum absolute atomic E-state index is 0.469. The fraction of sp³-hybridized carbons (Fsp3) is 0.696. The molecule has 150 valence electrons. The average molecular weight is 365 g/mol. The molecule has 3 heteroatoms. The zero-order valence-electron chi connectivity index (χ0n) is 17.1. The predicted molar refractivity (Wildman–Crippen MR) is 111 cm³/mol. The van der Waals surface area contributed by atoms with Gasteiger partial charge in [-0.2, -0.15) is 0 Å². The lowest BCUT2D eigenvalue weighted by Gasteiger charge is -2.05. The molecule has 0 amide bonds. The SMILES string of the molecule is CCC=CCC=CCC=CCCCCCCCCOC(=O)OCCCC. The molecule has 0 atom stereocenters. The molecule has 0 aliphatic heterocycles. The topological polar surface area (TPSA) is 35.5 Å². The van der Waals surface area contributed by atoms with Crippen molar-refractivity contribution in [2.24, 2.45) is 0 Å². The molecule has 0 aliphatic rings. The van der Waals surface area contributed by atoms with E-state index in [2.05, 4.69) is 50.3 Å². The van der Waals surface area contributed by atoms with Crippen LogP contribution in [0.4, 0.5) is 4.79 Å². The van der Waals surface area contributed by atoms with Crippen molar-refractivity contribution in [3.8, 4) is 0 Å². The zero-order valence-corrected chi connectivity index (χ0v) is 17.1. The minimum Gasteiger partial charge on any atom is -0.434 e. The number of carbonyl (C=O) groups is 1. The normalized spacial score (nSPS) is 11.8. The van der Waals surface area contributed by atoms with Crippen LogP contribution in [0, 0.1) is 0 Å². The molecular formula is C23H40O3. The largest absolute Gasteiger partial charge is 0.508 e. The standard InChI is InChI=1S/C23H40O3/c1-3-5-7-8-9-10-11-12-13-14-15-16-17-18-19-20-22-26-23(24)25-21-6-4-2/h5,7,9-10,12-13H,3-4,6,8,11,14-22H2,1-2H3. The Morgan fingerprint density at radius 1 is 0.654 bits per heavy atom. The molecule has 0 heterocycles. The maximum atomic E-state index is 11.2. The van der Waals surface area contributed by atoms with Crippen molar-refractivity contribution in [1.82, 2.24) is 0 Å². The van der Waals surface area contributed by atoms with E-state index >= 15 is 0 Å². The maximum Gasteiger partial charge on any atom is 0.508 e. The van der Waals surface area contributed by atoms with Gasteiger partial charge in [0.25, 0.3) is 0 Å². The second-order valence-corrected chi connectivity index (χ2v) is 6.50. The van der Waals surface area contributed by atoms with E-state index in [1.807, 2.05) is 0 Å². The van der Waals surface area contributed by atoms with Crippen LogP contribution in [0.25, 0.3) is 0 Å². The highest BCUT2D eigenvalue weighted by atomic mass is 16.7. The van der Waals surface area contributed by atoms with Gasteiger partial charge in [-0.25, -0.2) is 4.79 Å². The molecule has 0 N–H and O–H groups in total. The summed E-state index contributed by atoms with van der Waals surface area (Å²) in [5.41, 5.74) is 0. The number of ether oxygens (including phenoxy) is 2. The van der Waals surface area contributed by atoms with Gasteiger partial charge in [-0.15, -0.1) is 0 Å². The molecule has 0 saturated heterocycles. The summed E-state index contributed by atoms with van der Waals surface area (Å²) in [6.45, 7) is 5.17. The molecule has 0 aliphatic carbocycles. The summed E-state index contributed by atoms with van der Waals surface area (Å²) < 4.78 is 9.96. The molecule has 0 aromatic heterocycles. The van der Waals surface area contributed by atoms with E-state index in [0.717, 1.165) is 44.9 Å². The molecule has 0 spiro atoms. The molecule has 26 heavy (non-hydrogen) atoms. The summed E-state index contributed by atoms with van der Waals surface area (Å²) in [7, 11) is 0. The molecule has 0 aromatic rings. The molecule has 0 bridgehead atoms. The highest BCUT2D eigenvalue weighted by Crippen LogP contribution is 2.08. The van der Waals surface area contributed by atoms with Crippen LogP contribution in [0.2, 0.25) is 0 Å². The summed E-state index contributed by atoms with van der Waals surface area (Å²) in [6.07, 6.45) is 26.3. The van der Waals surface area contributed by atoms with Gasteiger partial charge in [0, 0.05) is 0 Å². The summed E-state index contributed by atoms with van der Waals surface area (Å²) in [5.74, 6) is 0. The fourth-order valence-electron chi connectivity index (χ4n) is 2.39. The Bertz CT molecular complexity index is 383. The molecule has 0 aromatic carbocycles. The van der Waals surface area contributed by atoms with Crippen LogP contribution >= 0.6 is 0 Å². The molecular weight excluding hydrogens is 324 g/mol. The summed E-state index contributed by atoms with van der Waals surface area (Å²) >= 11 is 0. The maximum absolute atomic E-state index is 11.2. The Morgan fingerprint density at radius 3 is 1.85 bits per heavy atom. The number of allylic oxidation sites excluding steroid dienone is 6. The minimum atomic E-state index is -0.516.